The fourth-order valence-electron chi connectivity index (χ4n) is 2.39. The van der Waals surface area contributed by atoms with Gasteiger partial charge >= 0.3 is 6.03 Å². The zero-order valence-electron chi connectivity index (χ0n) is 11.9. The predicted octanol–water partition coefficient (Wildman–Crippen LogP) is 1.52. The molecule has 1 aromatic rings. The maximum atomic E-state index is 12.3. The third kappa shape index (κ3) is 3.74. The van der Waals surface area contributed by atoms with E-state index in [-0.39, 0.29) is 18.1 Å². The Hall–Kier alpha value is -1.53. The molecule has 0 radical (unpaired) electrons. The van der Waals surface area contributed by atoms with Crippen LogP contribution in [0.25, 0.3) is 0 Å². The molecule has 2 heterocycles. The highest BCUT2D eigenvalue weighted by Crippen LogP contribution is 2.16. The molecule has 6 heteroatoms. The standard InChI is InChI=1S/C14H22N2O4/c1-10(17)8-12-9-19-7-5-16(12)14(18)15-11(2)13-4-3-6-20-13/h3-4,6,10-12,17H,5,7-9H2,1-2H3,(H,15,18)/t10-,11-,12-/m0/s1. The van der Waals surface area contributed by atoms with E-state index in [4.69, 9.17) is 9.15 Å². The third-order valence-electron chi connectivity index (χ3n) is 3.41. The van der Waals surface area contributed by atoms with Crippen LogP contribution in [0.5, 0.6) is 0 Å². The fourth-order valence-corrected chi connectivity index (χ4v) is 2.39. The van der Waals surface area contributed by atoms with Crippen molar-refractivity contribution in [2.24, 2.45) is 0 Å². The van der Waals surface area contributed by atoms with Crippen molar-refractivity contribution in [3.63, 3.8) is 0 Å². The Morgan fingerprint density at radius 1 is 1.60 bits per heavy atom. The van der Waals surface area contributed by atoms with Crippen LogP contribution in [0, 0.1) is 0 Å². The highest BCUT2D eigenvalue weighted by molar-refractivity contribution is 5.75. The lowest BCUT2D eigenvalue weighted by Gasteiger charge is -2.36. The van der Waals surface area contributed by atoms with E-state index in [0.29, 0.717) is 26.2 Å². The molecule has 3 atom stereocenters. The van der Waals surface area contributed by atoms with Crippen molar-refractivity contribution in [1.29, 1.82) is 0 Å². The fraction of sp³-hybridized carbons (Fsp3) is 0.643. The van der Waals surface area contributed by atoms with E-state index in [2.05, 4.69) is 5.32 Å². The number of nitrogens with zero attached hydrogens (tertiary/aromatic N) is 1. The molecule has 0 aliphatic carbocycles. The van der Waals surface area contributed by atoms with Gasteiger partial charge in [0, 0.05) is 6.54 Å². The van der Waals surface area contributed by atoms with Gasteiger partial charge in [-0.1, -0.05) is 0 Å². The van der Waals surface area contributed by atoms with E-state index in [1.807, 2.05) is 13.0 Å². The highest BCUT2D eigenvalue weighted by atomic mass is 16.5. The number of hydrogen-bond donors (Lipinski definition) is 2. The lowest BCUT2D eigenvalue weighted by Crippen LogP contribution is -2.53. The summed E-state index contributed by atoms with van der Waals surface area (Å²) in [6, 6.07) is 3.20. The highest BCUT2D eigenvalue weighted by Gasteiger charge is 2.29. The van der Waals surface area contributed by atoms with Crippen LogP contribution in [0.1, 0.15) is 32.1 Å². The molecule has 0 saturated carbocycles. The molecule has 112 valence electrons. The number of ether oxygens (including phenoxy) is 1. The van der Waals surface area contributed by atoms with Crippen molar-refractivity contribution < 1.29 is 19.1 Å². The van der Waals surface area contributed by atoms with Gasteiger partial charge in [0.15, 0.2) is 0 Å². The maximum absolute atomic E-state index is 12.3. The largest absolute Gasteiger partial charge is 0.467 e. The number of furan rings is 1. The summed E-state index contributed by atoms with van der Waals surface area (Å²) < 4.78 is 10.7. The molecule has 0 spiro atoms. The Kier molecular flexibility index (Phi) is 5.03. The molecule has 2 N–H and O–H groups in total. The van der Waals surface area contributed by atoms with Gasteiger partial charge in [0.25, 0.3) is 0 Å². The quantitative estimate of drug-likeness (QED) is 0.878. The average Bonchev–Trinajstić information content (AvgIpc) is 2.92. The molecule has 1 fully saturated rings. The number of rotatable bonds is 4. The Morgan fingerprint density at radius 3 is 3.05 bits per heavy atom. The van der Waals surface area contributed by atoms with Crippen LogP contribution in [0.3, 0.4) is 0 Å². The normalized spacial score (nSPS) is 22.4. The van der Waals surface area contributed by atoms with E-state index >= 15 is 0 Å². The molecule has 0 aromatic carbocycles. The Balaban J connectivity index is 1.95. The Morgan fingerprint density at radius 2 is 2.40 bits per heavy atom. The molecule has 20 heavy (non-hydrogen) atoms. The van der Waals surface area contributed by atoms with Crippen molar-refractivity contribution in [2.45, 2.75) is 38.5 Å². The first kappa shape index (κ1) is 14.9. The number of aliphatic hydroxyl groups is 1. The van der Waals surface area contributed by atoms with Crippen molar-refractivity contribution in [3.05, 3.63) is 24.2 Å². The second-order valence-corrected chi connectivity index (χ2v) is 5.19. The number of carbonyl (C=O) groups excluding carboxylic acids is 1. The summed E-state index contributed by atoms with van der Waals surface area (Å²) in [6.45, 7) is 5.12. The molecule has 2 rings (SSSR count). The van der Waals surface area contributed by atoms with E-state index in [1.165, 1.54) is 0 Å². The van der Waals surface area contributed by atoms with E-state index in [1.54, 1.807) is 24.2 Å². The molecule has 1 aliphatic rings. The summed E-state index contributed by atoms with van der Waals surface area (Å²) in [5.74, 6) is 0.721. The monoisotopic (exact) mass is 282 g/mol. The first-order chi connectivity index (χ1) is 9.58. The van der Waals surface area contributed by atoms with E-state index in [9.17, 15) is 9.90 Å². The van der Waals surface area contributed by atoms with Gasteiger partial charge in [-0.2, -0.15) is 0 Å². The van der Waals surface area contributed by atoms with Crippen LogP contribution in [0.15, 0.2) is 22.8 Å². The van der Waals surface area contributed by atoms with Gasteiger partial charge in [-0.3, -0.25) is 0 Å². The van der Waals surface area contributed by atoms with Gasteiger partial charge in [-0.05, 0) is 32.4 Å². The molecular formula is C14H22N2O4. The molecule has 1 aromatic heterocycles. The van der Waals surface area contributed by atoms with Gasteiger partial charge in [0.2, 0.25) is 0 Å². The summed E-state index contributed by atoms with van der Waals surface area (Å²) in [6.07, 6.45) is 1.64. The van der Waals surface area contributed by atoms with Crippen LogP contribution in [-0.2, 0) is 4.74 Å². The molecule has 0 unspecified atom stereocenters. The molecule has 2 amide bonds. The number of carbonyl (C=O) groups is 1. The summed E-state index contributed by atoms with van der Waals surface area (Å²) in [7, 11) is 0. The van der Waals surface area contributed by atoms with Gasteiger partial charge < -0.3 is 24.5 Å². The molecular weight excluding hydrogens is 260 g/mol. The van der Waals surface area contributed by atoms with E-state index < -0.39 is 6.10 Å². The summed E-state index contributed by atoms with van der Waals surface area (Å²) in [5.41, 5.74) is 0. The van der Waals surface area contributed by atoms with Crippen LogP contribution >= 0.6 is 0 Å². The minimum atomic E-state index is -0.459. The summed E-state index contributed by atoms with van der Waals surface area (Å²) in [4.78, 5) is 14.1. The summed E-state index contributed by atoms with van der Waals surface area (Å²) >= 11 is 0. The lowest BCUT2D eigenvalue weighted by molar-refractivity contribution is -0.00484. The second kappa shape index (κ2) is 6.76. The summed E-state index contributed by atoms with van der Waals surface area (Å²) in [5, 5.41) is 12.4. The zero-order chi connectivity index (χ0) is 14.5. The number of hydrogen-bond acceptors (Lipinski definition) is 4. The number of nitrogens with one attached hydrogen (secondary N) is 1. The molecule has 1 aliphatic heterocycles. The van der Waals surface area contributed by atoms with Crippen LogP contribution in [0.2, 0.25) is 0 Å². The van der Waals surface area contributed by atoms with Gasteiger partial charge in [-0.25, -0.2) is 4.79 Å². The lowest BCUT2D eigenvalue weighted by atomic mass is 10.1. The number of aliphatic hydroxyl groups excluding tert-OH is 1. The second-order valence-electron chi connectivity index (χ2n) is 5.19. The number of urea groups is 1. The molecule has 1 saturated heterocycles. The smallest absolute Gasteiger partial charge is 0.318 e. The Labute approximate surface area is 118 Å². The van der Waals surface area contributed by atoms with Crippen molar-refractivity contribution in [2.75, 3.05) is 19.8 Å². The topological polar surface area (TPSA) is 74.9 Å². The Bertz CT molecular complexity index is 419. The SMILES string of the molecule is C[C@H](O)C[C@H]1COCCN1C(=O)N[C@@H](C)c1ccco1. The van der Waals surface area contributed by atoms with Crippen molar-refractivity contribution in [3.8, 4) is 0 Å². The van der Waals surface area contributed by atoms with Crippen molar-refractivity contribution in [1.82, 2.24) is 10.2 Å². The van der Waals surface area contributed by atoms with Crippen LogP contribution in [-0.4, -0.2) is 47.9 Å². The first-order valence-electron chi connectivity index (χ1n) is 6.94. The van der Waals surface area contributed by atoms with E-state index in [0.717, 1.165) is 5.76 Å². The number of amides is 2. The van der Waals surface area contributed by atoms with Gasteiger partial charge in [0.05, 0.1) is 37.7 Å². The van der Waals surface area contributed by atoms with Crippen LogP contribution < -0.4 is 5.32 Å². The first-order valence-corrected chi connectivity index (χ1v) is 6.94. The minimum Gasteiger partial charge on any atom is -0.467 e. The molecule has 0 bridgehead atoms. The third-order valence-corrected chi connectivity index (χ3v) is 3.41. The average molecular weight is 282 g/mol. The van der Waals surface area contributed by atoms with Crippen LogP contribution in [0.4, 0.5) is 4.79 Å². The van der Waals surface area contributed by atoms with Gasteiger partial charge in [-0.15, -0.1) is 0 Å². The molecule has 6 nitrogen and oxygen atoms in total. The zero-order valence-corrected chi connectivity index (χ0v) is 11.9. The van der Waals surface area contributed by atoms with Crippen molar-refractivity contribution >= 4 is 6.03 Å². The maximum Gasteiger partial charge on any atom is 0.318 e. The number of morpholine rings is 1. The predicted molar refractivity (Wildman–Crippen MR) is 73.3 cm³/mol. The van der Waals surface area contributed by atoms with Gasteiger partial charge in [0.1, 0.15) is 5.76 Å². The minimum absolute atomic E-state index is 0.0902.